The Morgan fingerprint density at radius 2 is 1.74 bits per heavy atom. The van der Waals surface area contributed by atoms with Gasteiger partial charge in [0.25, 0.3) is 11.8 Å². The van der Waals surface area contributed by atoms with Gasteiger partial charge < -0.3 is 19.5 Å². The summed E-state index contributed by atoms with van der Waals surface area (Å²) in [5.41, 5.74) is 4.54. The highest BCUT2D eigenvalue weighted by Gasteiger charge is 2.35. The fourth-order valence-corrected chi connectivity index (χ4v) is 3.87. The summed E-state index contributed by atoms with van der Waals surface area (Å²) in [5, 5.41) is 4.60. The van der Waals surface area contributed by atoms with E-state index in [9.17, 15) is 9.59 Å². The van der Waals surface area contributed by atoms with Crippen molar-refractivity contribution >= 4 is 33.4 Å². The topological polar surface area (TPSA) is 89.1 Å². The maximum Gasteiger partial charge on any atom is 0.279 e. The number of nitrogens with zero attached hydrogens (tertiary/aromatic N) is 1. The first-order chi connectivity index (χ1) is 16.4. The van der Waals surface area contributed by atoms with Crippen molar-refractivity contribution in [3.8, 4) is 17.2 Å². The molecule has 9 heteroatoms. The quantitative estimate of drug-likeness (QED) is 0.471. The number of nitrogens with one attached hydrogen (secondary N) is 2. The van der Waals surface area contributed by atoms with Gasteiger partial charge in [-0.1, -0.05) is 34.1 Å². The van der Waals surface area contributed by atoms with Crippen LogP contribution in [-0.4, -0.2) is 37.1 Å². The molecule has 2 N–H and O–H groups in total. The molecule has 0 aliphatic carbocycles. The molecule has 176 valence electrons. The number of para-hydroxylation sites is 1. The first-order valence-corrected chi connectivity index (χ1v) is 11.3. The zero-order valence-corrected chi connectivity index (χ0v) is 20.5. The fraction of sp³-hybridized carbons (Fsp3) is 0.200. The molecule has 0 saturated heterocycles. The molecule has 1 aliphatic rings. The Hall–Kier alpha value is -3.72. The van der Waals surface area contributed by atoms with Gasteiger partial charge in [-0.25, -0.2) is 5.01 Å². The summed E-state index contributed by atoms with van der Waals surface area (Å²) >= 11 is 3.37. The summed E-state index contributed by atoms with van der Waals surface area (Å²) in [6, 6.07) is 19.6. The lowest BCUT2D eigenvalue weighted by molar-refractivity contribution is -0.132. The Balaban J connectivity index is 1.62. The van der Waals surface area contributed by atoms with Gasteiger partial charge in [-0.3, -0.25) is 15.0 Å². The first-order valence-electron chi connectivity index (χ1n) is 10.5. The van der Waals surface area contributed by atoms with Crippen LogP contribution >= 0.6 is 15.9 Å². The molecule has 2 amide bonds. The average molecular weight is 526 g/mol. The molecule has 2 atom stereocenters. The molecule has 0 unspecified atom stereocenters. The van der Waals surface area contributed by atoms with Gasteiger partial charge in [0.15, 0.2) is 17.6 Å². The van der Waals surface area contributed by atoms with Crippen LogP contribution in [0.15, 0.2) is 71.2 Å². The molecule has 1 heterocycles. The lowest BCUT2D eigenvalue weighted by Crippen LogP contribution is -2.55. The second-order valence-electron chi connectivity index (χ2n) is 7.57. The highest BCUT2D eigenvalue weighted by atomic mass is 79.9. The first kappa shape index (κ1) is 23.4. The Labute approximate surface area is 205 Å². The molecule has 0 bridgehead atoms. The van der Waals surface area contributed by atoms with Crippen LogP contribution in [0.1, 0.15) is 29.0 Å². The van der Waals surface area contributed by atoms with Gasteiger partial charge >= 0.3 is 0 Å². The maximum atomic E-state index is 13.4. The number of rotatable bonds is 7. The van der Waals surface area contributed by atoms with E-state index in [1.807, 2.05) is 24.3 Å². The number of hydrogen-bond donors (Lipinski definition) is 2. The fourth-order valence-electron chi connectivity index (χ4n) is 3.61. The third kappa shape index (κ3) is 4.79. The summed E-state index contributed by atoms with van der Waals surface area (Å²) in [4.78, 5) is 26.4. The Morgan fingerprint density at radius 3 is 2.44 bits per heavy atom. The molecule has 0 saturated carbocycles. The van der Waals surface area contributed by atoms with Crippen molar-refractivity contribution < 1.29 is 23.8 Å². The van der Waals surface area contributed by atoms with E-state index in [1.165, 1.54) is 12.1 Å². The van der Waals surface area contributed by atoms with Crippen LogP contribution in [0.2, 0.25) is 0 Å². The van der Waals surface area contributed by atoms with Gasteiger partial charge in [0.05, 0.1) is 19.8 Å². The molecule has 34 heavy (non-hydrogen) atoms. The van der Waals surface area contributed by atoms with E-state index in [4.69, 9.17) is 14.2 Å². The number of carbonyl (C=O) groups is 2. The zero-order valence-electron chi connectivity index (χ0n) is 18.9. The molecule has 8 nitrogen and oxygen atoms in total. The number of carbonyl (C=O) groups excluding carboxylic acids is 2. The number of benzene rings is 3. The monoisotopic (exact) mass is 525 g/mol. The molecule has 0 fully saturated rings. The SMILES string of the molecule is COc1ccc([C@@H]2Nc3ccccc3C(=O)N2NC(=O)[C@@H](C)Oc2ccc(Br)cc2)cc1OC. The Morgan fingerprint density at radius 1 is 1.03 bits per heavy atom. The smallest absolute Gasteiger partial charge is 0.279 e. The summed E-state index contributed by atoms with van der Waals surface area (Å²) in [6.45, 7) is 1.62. The minimum absolute atomic E-state index is 0.349. The molecular formula is C25H24BrN3O5. The molecule has 0 aromatic heterocycles. The van der Waals surface area contributed by atoms with E-state index in [-0.39, 0.29) is 5.91 Å². The largest absolute Gasteiger partial charge is 0.493 e. The standard InChI is InChI=1S/C25H24BrN3O5/c1-15(34-18-11-9-17(26)10-12-18)24(30)28-29-23(16-8-13-21(32-2)22(14-16)33-3)27-20-7-5-4-6-19(20)25(29)31/h4-15,23,27H,1-3H3,(H,28,30)/t15-,23-/m1/s1. The van der Waals surface area contributed by atoms with Gasteiger partial charge in [0, 0.05) is 15.7 Å². The predicted octanol–water partition coefficient (Wildman–Crippen LogP) is 4.53. The molecule has 0 radical (unpaired) electrons. The number of hydrogen-bond acceptors (Lipinski definition) is 6. The van der Waals surface area contributed by atoms with Gasteiger partial charge in [0.1, 0.15) is 11.9 Å². The Bertz CT molecular complexity index is 1200. The molecule has 3 aromatic carbocycles. The van der Waals surface area contributed by atoms with Crippen molar-refractivity contribution in [2.45, 2.75) is 19.2 Å². The van der Waals surface area contributed by atoms with Crippen molar-refractivity contribution in [1.29, 1.82) is 0 Å². The van der Waals surface area contributed by atoms with Crippen LogP contribution < -0.4 is 25.0 Å². The number of ether oxygens (including phenoxy) is 3. The van der Waals surface area contributed by atoms with Crippen LogP contribution in [-0.2, 0) is 4.79 Å². The third-order valence-electron chi connectivity index (χ3n) is 5.38. The van der Waals surface area contributed by atoms with E-state index >= 15 is 0 Å². The number of fused-ring (bicyclic) bond motifs is 1. The van der Waals surface area contributed by atoms with Crippen molar-refractivity contribution in [3.05, 3.63) is 82.3 Å². The van der Waals surface area contributed by atoms with Gasteiger partial charge in [-0.2, -0.15) is 0 Å². The van der Waals surface area contributed by atoms with Crippen molar-refractivity contribution in [1.82, 2.24) is 10.4 Å². The highest BCUT2D eigenvalue weighted by Crippen LogP contribution is 2.36. The normalized spacial score (nSPS) is 15.6. The van der Waals surface area contributed by atoms with Crippen LogP contribution in [0, 0.1) is 0 Å². The number of amides is 2. The molecular weight excluding hydrogens is 502 g/mol. The van der Waals surface area contributed by atoms with Crippen molar-refractivity contribution in [3.63, 3.8) is 0 Å². The zero-order chi connectivity index (χ0) is 24.2. The van der Waals surface area contributed by atoms with Crippen molar-refractivity contribution in [2.75, 3.05) is 19.5 Å². The van der Waals surface area contributed by atoms with Crippen molar-refractivity contribution in [2.24, 2.45) is 0 Å². The van der Waals surface area contributed by atoms with Gasteiger partial charge in [-0.15, -0.1) is 0 Å². The van der Waals surface area contributed by atoms with Gasteiger partial charge in [0.2, 0.25) is 0 Å². The van der Waals surface area contributed by atoms with Crippen LogP contribution in [0.5, 0.6) is 17.2 Å². The minimum Gasteiger partial charge on any atom is -0.493 e. The number of anilines is 1. The minimum atomic E-state index is -0.850. The van der Waals surface area contributed by atoms with E-state index in [2.05, 4.69) is 26.7 Å². The highest BCUT2D eigenvalue weighted by molar-refractivity contribution is 9.10. The molecule has 3 aromatic rings. The molecule has 4 rings (SSSR count). The third-order valence-corrected chi connectivity index (χ3v) is 5.91. The second kappa shape index (κ2) is 10.0. The number of halogens is 1. The van der Waals surface area contributed by atoms with Crippen LogP contribution in [0.25, 0.3) is 0 Å². The molecule has 0 spiro atoms. The predicted molar refractivity (Wildman–Crippen MR) is 131 cm³/mol. The lowest BCUT2D eigenvalue weighted by Gasteiger charge is -2.38. The second-order valence-corrected chi connectivity index (χ2v) is 8.49. The number of hydrazine groups is 1. The molecule has 1 aliphatic heterocycles. The van der Waals surface area contributed by atoms with Gasteiger partial charge in [-0.05, 0) is 55.5 Å². The average Bonchev–Trinajstić information content (AvgIpc) is 2.86. The summed E-state index contributed by atoms with van der Waals surface area (Å²) in [7, 11) is 3.09. The summed E-state index contributed by atoms with van der Waals surface area (Å²) in [5.74, 6) is 0.782. The Kier molecular flexibility index (Phi) is 6.93. The maximum absolute atomic E-state index is 13.4. The van der Waals surface area contributed by atoms with E-state index < -0.39 is 18.2 Å². The van der Waals surface area contributed by atoms with E-state index in [0.717, 1.165) is 4.47 Å². The van der Waals surface area contributed by atoms with E-state index in [0.29, 0.717) is 34.1 Å². The van der Waals surface area contributed by atoms with E-state index in [1.54, 1.807) is 56.5 Å². The summed E-state index contributed by atoms with van der Waals surface area (Å²) < 4.78 is 17.4. The van der Waals surface area contributed by atoms with Crippen LogP contribution in [0.4, 0.5) is 5.69 Å². The number of methoxy groups -OCH3 is 2. The summed E-state index contributed by atoms with van der Waals surface area (Å²) in [6.07, 6.45) is -1.54. The lowest BCUT2D eigenvalue weighted by atomic mass is 10.0. The van der Waals surface area contributed by atoms with Crippen LogP contribution in [0.3, 0.4) is 0 Å².